The quantitative estimate of drug-likeness (QED) is 0.475. The molecule has 9 heteroatoms. The van der Waals surface area contributed by atoms with Crippen molar-refractivity contribution in [2.24, 2.45) is 5.73 Å². The van der Waals surface area contributed by atoms with Gasteiger partial charge < -0.3 is 26.0 Å². The van der Waals surface area contributed by atoms with E-state index in [2.05, 4.69) is 5.32 Å². The summed E-state index contributed by atoms with van der Waals surface area (Å²) in [5.74, 6) is -1.93. The van der Waals surface area contributed by atoms with Crippen molar-refractivity contribution in [2.45, 2.75) is 37.3 Å². The molecule has 0 aliphatic carbocycles. The fraction of sp³-hybridized carbons (Fsp3) is 0.318. The number of nitrogens with zero attached hydrogens (tertiary/aromatic N) is 2. The SMILES string of the molecule is N#Cc1cccc([C@H](NC(=O)[C@@H]2CCCN2C(=O)[C@H](N)Cc2ccccc2)B(O)O)c1. The van der Waals surface area contributed by atoms with E-state index >= 15 is 0 Å². The Kier molecular flexibility index (Phi) is 7.42. The largest absolute Gasteiger partial charge is 0.480 e. The van der Waals surface area contributed by atoms with Crippen molar-refractivity contribution in [1.29, 1.82) is 5.26 Å². The van der Waals surface area contributed by atoms with Crippen molar-refractivity contribution >= 4 is 18.9 Å². The van der Waals surface area contributed by atoms with Gasteiger partial charge >= 0.3 is 7.12 Å². The topological polar surface area (TPSA) is 140 Å². The Morgan fingerprint density at radius 3 is 2.65 bits per heavy atom. The van der Waals surface area contributed by atoms with E-state index in [1.165, 1.54) is 11.0 Å². The van der Waals surface area contributed by atoms with Crippen molar-refractivity contribution in [3.63, 3.8) is 0 Å². The van der Waals surface area contributed by atoms with E-state index in [-0.39, 0.29) is 5.91 Å². The number of carbonyl (C=O) groups excluding carboxylic acids is 2. The van der Waals surface area contributed by atoms with E-state index in [4.69, 9.17) is 11.0 Å². The first kappa shape index (κ1) is 22.5. The second-order valence-corrected chi connectivity index (χ2v) is 7.62. The Labute approximate surface area is 181 Å². The van der Waals surface area contributed by atoms with Gasteiger partial charge in [-0.05, 0) is 42.5 Å². The molecule has 1 heterocycles. The van der Waals surface area contributed by atoms with Gasteiger partial charge in [0.1, 0.15) is 6.04 Å². The Hall–Kier alpha value is -3.19. The predicted molar refractivity (Wildman–Crippen MR) is 115 cm³/mol. The molecule has 2 amide bonds. The van der Waals surface area contributed by atoms with Crippen LogP contribution < -0.4 is 11.1 Å². The minimum atomic E-state index is -1.87. The van der Waals surface area contributed by atoms with Crippen LogP contribution in [0.5, 0.6) is 0 Å². The van der Waals surface area contributed by atoms with E-state index in [1.807, 2.05) is 36.4 Å². The van der Waals surface area contributed by atoms with Crippen molar-refractivity contribution in [3.05, 3.63) is 71.3 Å². The summed E-state index contributed by atoms with van der Waals surface area (Å²) in [4.78, 5) is 27.3. The second kappa shape index (κ2) is 10.2. The molecule has 1 aliphatic rings. The molecule has 0 unspecified atom stereocenters. The molecule has 2 aromatic carbocycles. The van der Waals surface area contributed by atoms with Crippen LogP contribution in [0.2, 0.25) is 0 Å². The van der Waals surface area contributed by atoms with Gasteiger partial charge in [0.15, 0.2) is 0 Å². The summed E-state index contributed by atoms with van der Waals surface area (Å²) in [6, 6.07) is 16.1. The Bertz CT molecular complexity index is 963. The van der Waals surface area contributed by atoms with Crippen molar-refractivity contribution < 1.29 is 19.6 Å². The summed E-state index contributed by atoms with van der Waals surface area (Å²) in [6.07, 6.45) is 1.48. The number of nitrogens with two attached hydrogens (primary N) is 1. The average Bonchev–Trinajstić information content (AvgIpc) is 3.27. The Balaban J connectivity index is 1.70. The van der Waals surface area contributed by atoms with E-state index in [0.29, 0.717) is 36.9 Å². The van der Waals surface area contributed by atoms with E-state index < -0.39 is 31.1 Å². The van der Waals surface area contributed by atoms with Gasteiger partial charge in [0.05, 0.1) is 23.6 Å². The minimum Gasteiger partial charge on any atom is -0.426 e. The zero-order chi connectivity index (χ0) is 22.4. The summed E-state index contributed by atoms with van der Waals surface area (Å²) in [7, 11) is -1.87. The normalized spacial score (nSPS) is 17.5. The maximum atomic E-state index is 13.0. The third kappa shape index (κ3) is 5.50. The first-order valence-corrected chi connectivity index (χ1v) is 10.2. The van der Waals surface area contributed by atoms with Crippen LogP contribution >= 0.6 is 0 Å². The van der Waals surface area contributed by atoms with Crippen molar-refractivity contribution in [1.82, 2.24) is 10.2 Å². The first-order chi connectivity index (χ1) is 14.9. The summed E-state index contributed by atoms with van der Waals surface area (Å²) in [5, 5.41) is 31.3. The number of nitriles is 1. The molecule has 0 bridgehead atoms. The summed E-state index contributed by atoms with van der Waals surface area (Å²) in [6.45, 7) is 0.412. The number of amides is 2. The number of rotatable bonds is 7. The molecule has 3 rings (SSSR count). The number of likely N-dealkylation sites (tertiary alicyclic amines) is 1. The van der Waals surface area contributed by atoms with Gasteiger partial charge in [-0.2, -0.15) is 5.26 Å². The van der Waals surface area contributed by atoms with Crippen LogP contribution in [0, 0.1) is 11.3 Å². The summed E-state index contributed by atoms with van der Waals surface area (Å²) in [5.41, 5.74) is 7.79. The molecule has 160 valence electrons. The van der Waals surface area contributed by atoms with Crippen molar-refractivity contribution in [3.8, 4) is 6.07 Å². The van der Waals surface area contributed by atoms with Crippen LogP contribution in [-0.4, -0.2) is 52.5 Å². The van der Waals surface area contributed by atoms with E-state index in [9.17, 15) is 19.6 Å². The highest BCUT2D eigenvalue weighted by atomic mass is 16.4. The van der Waals surface area contributed by atoms with Gasteiger partial charge in [-0.3, -0.25) is 9.59 Å². The molecule has 2 aromatic rings. The van der Waals surface area contributed by atoms with Crippen LogP contribution in [0.15, 0.2) is 54.6 Å². The van der Waals surface area contributed by atoms with E-state index in [0.717, 1.165) is 5.56 Å². The Morgan fingerprint density at radius 2 is 1.97 bits per heavy atom. The van der Waals surface area contributed by atoms with Crippen molar-refractivity contribution in [2.75, 3.05) is 6.54 Å². The summed E-state index contributed by atoms with van der Waals surface area (Å²) < 4.78 is 0. The number of hydrogen-bond acceptors (Lipinski definition) is 6. The van der Waals surface area contributed by atoms with Crippen LogP contribution in [0.1, 0.15) is 35.5 Å². The third-order valence-corrected chi connectivity index (χ3v) is 5.42. The maximum Gasteiger partial charge on any atom is 0.480 e. The number of carbonyl (C=O) groups is 2. The lowest BCUT2D eigenvalue weighted by atomic mass is 9.74. The van der Waals surface area contributed by atoms with Gasteiger partial charge in [0.25, 0.3) is 0 Å². The second-order valence-electron chi connectivity index (χ2n) is 7.62. The Morgan fingerprint density at radius 1 is 1.23 bits per heavy atom. The van der Waals surface area contributed by atoms with Gasteiger partial charge in [-0.15, -0.1) is 0 Å². The van der Waals surface area contributed by atoms with Gasteiger partial charge in [-0.25, -0.2) is 0 Å². The fourth-order valence-electron chi connectivity index (χ4n) is 3.85. The molecule has 8 nitrogen and oxygen atoms in total. The number of nitrogens with one attached hydrogen (secondary N) is 1. The minimum absolute atomic E-state index is 0.311. The highest BCUT2D eigenvalue weighted by Crippen LogP contribution is 2.22. The molecule has 5 N–H and O–H groups in total. The molecule has 0 saturated carbocycles. The molecular weight excluding hydrogens is 395 g/mol. The average molecular weight is 420 g/mol. The maximum absolute atomic E-state index is 13.0. The highest BCUT2D eigenvalue weighted by Gasteiger charge is 2.38. The molecular formula is C22H25BN4O4. The lowest BCUT2D eigenvalue weighted by Gasteiger charge is -2.28. The molecule has 1 aliphatic heterocycles. The van der Waals surface area contributed by atoms with Gasteiger partial charge in [-0.1, -0.05) is 42.5 Å². The zero-order valence-corrected chi connectivity index (χ0v) is 17.0. The third-order valence-electron chi connectivity index (χ3n) is 5.42. The fourth-order valence-corrected chi connectivity index (χ4v) is 3.85. The first-order valence-electron chi connectivity index (χ1n) is 10.2. The molecule has 0 aromatic heterocycles. The lowest BCUT2D eigenvalue weighted by molar-refractivity contribution is -0.139. The zero-order valence-electron chi connectivity index (χ0n) is 17.0. The lowest BCUT2D eigenvalue weighted by Crippen LogP contribution is -2.53. The smallest absolute Gasteiger partial charge is 0.426 e. The monoisotopic (exact) mass is 420 g/mol. The predicted octanol–water partition coefficient (Wildman–Crippen LogP) is 0.289. The highest BCUT2D eigenvalue weighted by molar-refractivity contribution is 6.43. The number of benzene rings is 2. The molecule has 0 spiro atoms. The van der Waals surface area contributed by atoms with Crippen LogP contribution in [0.3, 0.4) is 0 Å². The summed E-state index contributed by atoms with van der Waals surface area (Å²) >= 11 is 0. The molecule has 0 radical (unpaired) electrons. The molecule has 1 saturated heterocycles. The van der Waals surface area contributed by atoms with Crippen LogP contribution in [0.25, 0.3) is 0 Å². The van der Waals surface area contributed by atoms with Gasteiger partial charge in [0.2, 0.25) is 11.8 Å². The van der Waals surface area contributed by atoms with E-state index in [1.54, 1.807) is 18.2 Å². The van der Waals surface area contributed by atoms with Crippen LogP contribution in [-0.2, 0) is 16.0 Å². The van der Waals surface area contributed by atoms with Gasteiger partial charge in [0, 0.05) is 6.54 Å². The molecule has 31 heavy (non-hydrogen) atoms. The molecule has 3 atom stereocenters. The number of hydrogen-bond donors (Lipinski definition) is 4. The molecule has 1 fully saturated rings. The standard InChI is InChI=1S/C22H25BN4O4/c24-14-16-8-4-9-17(12-16)20(23(30)31)26-21(28)19-10-5-11-27(19)22(29)18(25)13-15-6-2-1-3-7-15/h1-4,6-9,12,18-20,30-31H,5,10-11,13,25H2,(H,26,28)/t18-,19+,20+/m1/s1. The van der Waals surface area contributed by atoms with Crippen LogP contribution in [0.4, 0.5) is 0 Å².